The van der Waals surface area contributed by atoms with E-state index in [1.54, 1.807) is 11.2 Å². The number of amides is 1. The van der Waals surface area contributed by atoms with Gasteiger partial charge in [0, 0.05) is 31.6 Å². The molecule has 1 saturated carbocycles. The molecule has 1 spiro atoms. The highest BCUT2D eigenvalue weighted by molar-refractivity contribution is 5.94. The second-order valence-corrected chi connectivity index (χ2v) is 7.41. The summed E-state index contributed by atoms with van der Waals surface area (Å²) in [6.45, 7) is 3.90. The van der Waals surface area contributed by atoms with Crippen LogP contribution in [0.3, 0.4) is 0 Å². The molecule has 0 N–H and O–H groups in total. The number of likely N-dealkylation sites (tertiary alicyclic amines) is 1. The standard InChI is InChI=1S/C19H22F2N4O/c1-2-24-12-22-23-17(24)15-10-25(11-19(15)7-3-4-8-19)18(26)14-6-5-13(20)9-16(14)21/h5-6,9,12,15H,2-4,7-8,10-11H2,1H3. The van der Waals surface area contributed by atoms with Crippen molar-refractivity contribution in [1.29, 1.82) is 0 Å². The maximum atomic E-state index is 14.1. The predicted molar refractivity (Wildman–Crippen MR) is 91.6 cm³/mol. The van der Waals surface area contributed by atoms with Gasteiger partial charge in [0.25, 0.3) is 5.91 Å². The number of hydrogen-bond donors (Lipinski definition) is 0. The van der Waals surface area contributed by atoms with Gasteiger partial charge in [0.15, 0.2) is 0 Å². The first-order valence-corrected chi connectivity index (χ1v) is 9.16. The van der Waals surface area contributed by atoms with E-state index in [4.69, 9.17) is 0 Å². The van der Waals surface area contributed by atoms with E-state index in [0.717, 1.165) is 50.2 Å². The van der Waals surface area contributed by atoms with Crippen molar-refractivity contribution < 1.29 is 13.6 Å². The van der Waals surface area contributed by atoms with E-state index in [-0.39, 0.29) is 22.8 Å². The van der Waals surface area contributed by atoms with Gasteiger partial charge in [-0.25, -0.2) is 8.78 Å². The lowest BCUT2D eigenvalue weighted by Gasteiger charge is -2.29. The van der Waals surface area contributed by atoms with Crippen molar-refractivity contribution in [3.63, 3.8) is 0 Å². The molecule has 26 heavy (non-hydrogen) atoms. The molecule has 1 aliphatic carbocycles. The quantitative estimate of drug-likeness (QED) is 0.843. The summed E-state index contributed by atoms with van der Waals surface area (Å²) in [7, 11) is 0. The van der Waals surface area contributed by atoms with Crippen molar-refractivity contribution in [2.24, 2.45) is 5.41 Å². The fourth-order valence-electron chi connectivity index (χ4n) is 4.68. The molecule has 138 valence electrons. The van der Waals surface area contributed by atoms with Crippen molar-refractivity contribution >= 4 is 5.91 Å². The van der Waals surface area contributed by atoms with Crippen molar-refractivity contribution in [3.05, 3.63) is 47.5 Å². The van der Waals surface area contributed by atoms with Gasteiger partial charge in [-0.1, -0.05) is 12.8 Å². The normalized spacial score (nSPS) is 21.7. The zero-order valence-electron chi connectivity index (χ0n) is 14.8. The topological polar surface area (TPSA) is 51.0 Å². The number of aromatic nitrogens is 3. The number of aryl methyl sites for hydroxylation is 1. The lowest BCUT2D eigenvalue weighted by molar-refractivity contribution is 0.0768. The molecule has 1 aliphatic heterocycles. The average molecular weight is 360 g/mol. The van der Waals surface area contributed by atoms with Crippen LogP contribution in [0.25, 0.3) is 0 Å². The molecule has 2 aromatic rings. The van der Waals surface area contributed by atoms with E-state index in [9.17, 15) is 13.6 Å². The number of rotatable bonds is 3. The zero-order valence-corrected chi connectivity index (χ0v) is 14.8. The minimum atomic E-state index is -0.810. The molecule has 1 aromatic carbocycles. The number of carbonyl (C=O) groups is 1. The van der Waals surface area contributed by atoms with Crippen LogP contribution in [0, 0.1) is 17.0 Å². The first kappa shape index (κ1) is 17.1. The third-order valence-corrected chi connectivity index (χ3v) is 5.99. The van der Waals surface area contributed by atoms with E-state index in [2.05, 4.69) is 10.2 Å². The summed E-state index contributed by atoms with van der Waals surface area (Å²) in [6.07, 6.45) is 6.04. The van der Waals surface area contributed by atoms with Crippen LogP contribution in [-0.2, 0) is 6.54 Å². The third-order valence-electron chi connectivity index (χ3n) is 5.99. The van der Waals surface area contributed by atoms with E-state index in [0.29, 0.717) is 13.1 Å². The monoisotopic (exact) mass is 360 g/mol. The average Bonchev–Trinajstić information content (AvgIpc) is 3.35. The van der Waals surface area contributed by atoms with Gasteiger partial charge >= 0.3 is 0 Å². The molecule has 1 unspecified atom stereocenters. The van der Waals surface area contributed by atoms with Gasteiger partial charge in [-0.2, -0.15) is 0 Å². The Bertz CT molecular complexity index is 829. The van der Waals surface area contributed by atoms with Gasteiger partial charge in [0.1, 0.15) is 23.8 Å². The summed E-state index contributed by atoms with van der Waals surface area (Å²) in [5.41, 5.74) is -0.0938. The van der Waals surface area contributed by atoms with Gasteiger partial charge in [-0.3, -0.25) is 4.79 Å². The fraction of sp³-hybridized carbons (Fsp3) is 0.526. The molecule has 1 aromatic heterocycles. The second kappa shape index (κ2) is 6.45. The van der Waals surface area contributed by atoms with Gasteiger partial charge in [-0.15, -0.1) is 10.2 Å². The van der Waals surface area contributed by atoms with E-state index < -0.39 is 11.6 Å². The smallest absolute Gasteiger partial charge is 0.256 e. The van der Waals surface area contributed by atoms with Crippen molar-refractivity contribution in [2.45, 2.75) is 45.1 Å². The van der Waals surface area contributed by atoms with Crippen LogP contribution in [0.1, 0.15) is 54.7 Å². The Kier molecular flexibility index (Phi) is 4.25. The van der Waals surface area contributed by atoms with Crippen LogP contribution >= 0.6 is 0 Å². The number of nitrogens with zero attached hydrogens (tertiary/aromatic N) is 4. The molecule has 2 fully saturated rings. The van der Waals surface area contributed by atoms with E-state index >= 15 is 0 Å². The summed E-state index contributed by atoms with van der Waals surface area (Å²) in [6, 6.07) is 3.12. The highest BCUT2D eigenvalue weighted by atomic mass is 19.1. The molecular formula is C19H22F2N4O. The van der Waals surface area contributed by atoms with Crippen LogP contribution in [0.15, 0.2) is 24.5 Å². The largest absolute Gasteiger partial charge is 0.337 e. The van der Waals surface area contributed by atoms with Gasteiger partial charge in [0.05, 0.1) is 5.56 Å². The van der Waals surface area contributed by atoms with Gasteiger partial charge < -0.3 is 9.47 Å². The molecule has 1 saturated heterocycles. The van der Waals surface area contributed by atoms with Crippen LogP contribution in [0.5, 0.6) is 0 Å². The first-order valence-electron chi connectivity index (χ1n) is 9.16. The molecule has 1 amide bonds. The Morgan fingerprint density at radius 3 is 2.77 bits per heavy atom. The van der Waals surface area contributed by atoms with E-state index in [1.807, 2.05) is 11.5 Å². The molecule has 2 heterocycles. The van der Waals surface area contributed by atoms with Gasteiger partial charge in [0.2, 0.25) is 0 Å². The van der Waals surface area contributed by atoms with Crippen LogP contribution < -0.4 is 0 Å². The Morgan fingerprint density at radius 2 is 2.08 bits per heavy atom. The summed E-state index contributed by atoms with van der Waals surface area (Å²) < 4.78 is 29.3. The fourth-order valence-corrected chi connectivity index (χ4v) is 4.68. The molecule has 0 radical (unpaired) electrons. The lowest BCUT2D eigenvalue weighted by atomic mass is 9.76. The Morgan fingerprint density at radius 1 is 1.31 bits per heavy atom. The molecule has 4 rings (SSSR count). The molecule has 2 aliphatic rings. The highest BCUT2D eigenvalue weighted by Crippen LogP contribution is 2.53. The number of benzene rings is 1. The first-order chi connectivity index (χ1) is 12.5. The minimum Gasteiger partial charge on any atom is -0.337 e. The number of hydrogen-bond acceptors (Lipinski definition) is 3. The third kappa shape index (κ3) is 2.70. The Hall–Kier alpha value is -2.31. The maximum absolute atomic E-state index is 14.1. The zero-order chi connectivity index (χ0) is 18.3. The Labute approximate surface area is 151 Å². The number of carbonyl (C=O) groups excluding carboxylic acids is 1. The van der Waals surface area contributed by atoms with Gasteiger partial charge in [-0.05, 0) is 37.3 Å². The molecule has 1 atom stereocenters. The van der Waals surface area contributed by atoms with E-state index in [1.165, 1.54) is 6.07 Å². The van der Waals surface area contributed by atoms with Crippen molar-refractivity contribution in [3.8, 4) is 0 Å². The maximum Gasteiger partial charge on any atom is 0.256 e. The Balaban J connectivity index is 1.66. The minimum absolute atomic E-state index is 0.0217. The van der Waals surface area contributed by atoms with Crippen LogP contribution in [-0.4, -0.2) is 38.7 Å². The molecular weight excluding hydrogens is 338 g/mol. The lowest BCUT2D eigenvalue weighted by Crippen LogP contribution is -2.32. The summed E-state index contributed by atoms with van der Waals surface area (Å²) in [5.74, 6) is -0.861. The highest BCUT2D eigenvalue weighted by Gasteiger charge is 2.51. The number of halogens is 2. The van der Waals surface area contributed by atoms with Crippen molar-refractivity contribution in [2.75, 3.05) is 13.1 Å². The SMILES string of the molecule is CCn1cnnc1C1CN(C(=O)c2ccc(F)cc2F)CC12CCCC2. The van der Waals surface area contributed by atoms with Crippen LogP contribution in [0.4, 0.5) is 8.78 Å². The summed E-state index contributed by atoms with van der Waals surface area (Å²) in [5, 5.41) is 8.39. The molecule has 7 heteroatoms. The van der Waals surface area contributed by atoms with Crippen LogP contribution in [0.2, 0.25) is 0 Å². The predicted octanol–water partition coefficient (Wildman–Crippen LogP) is 3.38. The summed E-state index contributed by atoms with van der Waals surface area (Å²) in [4.78, 5) is 14.6. The second-order valence-electron chi connectivity index (χ2n) is 7.41. The van der Waals surface area contributed by atoms with Crippen molar-refractivity contribution in [1.82, 2.24) is 19.7 Å². The molecule has 5 nitrogen and oxygen atoms in total. The summed E-state index contributed by atoms with van der Waals surface area (Å²) >= 11 is 0. The molecule has 0 bridgehead atoms.